The second-order valence-corrected chi connectivity index (χ2v) is 6.04. The van der Waals surface area contributed by atoms with Crippen molar-refractivity contribution in [3.63, 3.8) is 0 Å². The van der Waals surface area contributed by atoms with E-state index >= 15 is 0 Å². The van der Waals surface area contributed by atoms with E-state index in [1.807, 2.05) is 36.5 Å². The van der Waals surface area contributed by atoms with E-state index in [-0.39, 0.29) is 12.4 Å². The number of aromatic nitrogens is 3. The highest BCUT2D eigenvalue weighted by molar-refractivity contribution is 5.94. The minimum absolute atomic E-state index is 0.0944. The molecule has 4 aromatic rings. The Bertz CT molecular complexity index is 1130. The number of nitrogens with one attached hydrogen (secondary N) is 2. The van der Waals surface area contributed by atoms with Gasteiger partial charge in [0.25, 0.3) is 0 Å². The number of hydrogen-bond donors (Lipinski definition) is 2. The lowest BCUT2D eigenvalue weighted by Gasteiger charge is -2.09. The van der Waals surface area contributed by atoms with Crippen LogP contribution in [-0.4, -0.2) is 35.3 Å². The minimum Gasteiger partial charge on any atom is -0.493 e. The number of hydrogen-bond acceptors (Lipinski definition) is 6. The lowest BCUT2D eigenvalue weighted by atomic mass is 10.1. The molecular weight excluding hydrogens is 360 g/mol. The highest BCUT2D eigenvalue weighted by Crippen LogP contribution is 2.28. The topological polar surface area (TPSA) is 102 Å². The van der Waals surface area contributed by atoms with Gasteiger partial charge < -0.3 is 24.3 Å². The summed E-state index contributed by atoms with van der Waals surface area (Å²) in [5, 5.41) is 7.67. The SMILES string of the molecule is COc1ccc(CNC(=O)c2nc(-c3cccc4[nH]ccc34)no2)cc1OC. The highest BCUT2D eigenvalue weighted by atomic mass is 16.5. The molecule has 0 aliphatic rings. The summed E-state index contributed by atoms with van der Waals surface area (Å²) >= 11 is 0. The second kappa shape index (κ2) is 7.43. The summed E-state index contributed by atoms with van der Waals surface area (Å²) in [6.45, 7) is 0.282. The zero-order chi connectivity index (χ0) is 19.5. The number of benzene rings is 2. The first kappa shape index (κ1) is 17.6. The van der Waals surface area contributed by atoms with Crippen LogP contribution in [0.4, 0.5) is 0 Å². The molecule has 2 heterocycles. The molecule has 0 bridgehead atoms. The van der Waals surface area contributed by atoms with Crippen molar-refractivity contribution in [1.82, 2.24) is 20.4 Å². The summed E-state index contributed by atoms with van der Waals surface area (Å²) in [6.07, 6.45) is 1.84. The van der Waals surface area contributed by atoms with E-state index in [1.165, 1.54) is 0 Å². The van der Waals surface area contributed by atoms with Crippen molar-refractivity contribution in [1.29, 1.82) is 0 Å². The highest BCUT2D eigenvalue weighted by Gasteiger charge is 2.17. The molecule has 0 saturated heterocycles. The number of nitrogens with zero attached hydrogens (tertiary/aromatic N) is 2. The van der Waals surface area contributed by atoms with Gasteiger partial charge in [-0.1, -0.05) is 23.4 Å². The Labute approximate surface area is 160 Å². The van der Waals surface area contributed by atoms with Gasteiger partial charge in [0, 0.05) is 29.2 Å². The van der Waals surface area contributed by atoms with Crippen LogP contribution < -0.4 is 14.8 Å². The van der Waals surface area contributed by atoms with E-state index in [4.69, 9.17) is 14.0 Å². The predicted octanol–water partition coefficient (Wildman–Crippen LogP) is 3.17. The normalized spacial score (nSPS) is 10.8. The third kappa shape index (κ3) is 3.27. The molecule has 0 atom stereocenters. The Morgan fingerprint density at radius 1 is 1.14 bits per heavy atom. The molecule has 0 radical (unpaired) electrons. The van der Waals surface area contributed by atoms with Crippen molar-refractivity contribution in [3.8, 4) is 22.9 Å². The smallest absolute Gasteiger partial charge is 0.316 e. The summed E-state index contributed by atoms with van der Waals surface area (Å²) in [4.78, 5) is 19.8. The van der Waals surface area contributed by atoms with Gasteiger partial charge in [-0.3, -0.25) is 4.79 Å². The molecule has 28 heavy (non-hydrogen) atoms. The zero-order valence-electron chi connectivity index (χ0n) is 15.4. The van der Waals surface area contributed by atoms with Gasteiger partial charge >= 0.3 is 11.8 Å². The van der Waals surface area contributed by atoms with Gasteiger partial charge in [0.2, 0.25) is 5.82 Å². The fourth-order valence-electron chi connectivity index (χ4n) is 2.95. The van der Waals surface area contributed by atoms with Gasteiger partial charge in [-0.05, 0) is 29.8 Å². The van der Waals surface area contributed by atoms with Gasteiger partial charge in [0.15, 0.2) is 11.5 Å². The van der Waals surface area contributed by atoms with E-state index in [0.717, 1.165) is 22.0 Å². The molecule has 2 N–H and O–H groups in total. The molecule has 1 amide bonds. The van der Waals surface area contributed by atoms with Crippen LogP contribution >= 0.6 is 0 Å². The number of ether oxygens (including phenoxy) is 2. The lowest BCUT2D eigenvalue weighted by molar-refractivity contribution is 0.0907. The summed E-state index contributed by atoms with van der Waals surface area (Å²) in [6, 6.07) is 13.1. The Morgan fingerprint density at radius 2 is 2.00 bits per heavy atom. The van der Waals surface area contributed by atoms with Gasteiger partial charge in [0.1, 0.15) is 0 Å². The summed E-state index contributed by atoms with van der Waals surface area (Å²) < 4.78 is 15.6. The average molecular weight is 378 g/mol. The first-order valence-electron chi connectivity index (χ1n) is 8.59. The zero-order valence-corrected chi connectivity index (χ0v) is 15.4. The van der Waals surface area contributed by atoms with Crippen molar-refractivity contribution >= 4 is 16.8 Å². The Hall–Kier alpha value is -3.81. The fraction of sp³-hybridized carbons (Fsp3) is 0.150. The van der Waals surface area contributed by atoms with Crippen LogP contribution in [0.5, 0.6) is 11.5 Å². The first-order chi connectivity index (χ1) is 13.7. The molecule has 0 fully saturated rings. The largest absolute Gasteiger partial charge is 0.493 e. The molecule has 8 heteroatoms. The maximum atomic E-state index is 12.4. The van der Waals surface area contributed by atoms with Crippen LogP contribution in [0.25, 0.3) is 22.3 Å². The van der Waals surface area contributed by atoms with Gasteiger partial charge in [0.05, 0.1) is 14.2 Å². The fourth-order valence-corrected chi connectivity index (χ4v) is 2.95. The lowest BCUT2D eigenvalue weighted by Crippen LogP contribution is -2.23. The molecule has 8 nitrogen and oxygen atoms in total. The third-order valence-corrected chi connectivity index (χ3v) is 4.36. The number of carbonyl (C=O) groups excluding carboxylic acids is 1. The van der Waals surface area contributed by atoms with Gasteiger partial charge in [-0.15, -0.1) is 0 Å². The summed E-state index contributed by atoms with van der Waals surface area (Å²) in [7, 11) is 3.13. The second-order valence-electron chi connectivity index (χ2n) is 6.04. The summed E-state index contributed by atoms with van der Waals surface area (Å²) in [5.74, 6) is 1.03. The van der Waals surface area contributed by atoms with Crippen molar-refractivity contribution in [3.05, 3.63) is 60.1 Å². The first-order valence-corrected chi connectivity index (χ1v) is 8.59. The number of H-pyrrole nitrogens is 1. The van der Waals surface area contributed by atoms with Crippen LogP contribution in [-0.2, 0) is 6.54 Å². The van der Waals surface area contributed by atoms with Crippen LogP contribution in [0.3, 0.4) is 0 Å². The quantitative estimate of drug-likeness (QED) is 0.534. The number of aromatic amines is 1. The van der Waals surface area contributed by atoms with E-state index in [2.05, 4.69) is 20.4 Å². The summed E-state index contributed by atoms with van der Waals surface area (Å²) in [5.41, 5.74) is 2.60. The van der Waals surface area contributed by atoms with Crippen molar-refractivity contribution in [2.75, 3.05) is 14.2 Å². The molecule has 0 spiro atoms. The maximum Gasteiger partial charge on any atom is 0.316 e. The maximum absolute atomic E-state index is 12.4. The molecule has 142 valence electrons. The Morgan fingerprint density at radius 3 is 2.82 bits per heavy atom. The van der Waals surface area contributed by atoms with Gasteiger partial charge in [-0.2, -0.15) is 4.98 Å². The van der Waals surface area contributed by atoms with E-state index in [1.54, 1.807) is 26.4 Å². The number of methoxy groups -OCH3 is 2. The van der Waals surface area contributed by atoms with E-state index in [0.29, 0.717) is 17.3 Å². The third-order valence-electron chi connectivity index (χ3n) is 4.36. The van der Waals surface area contributed by atoms with Crippen LogP contribution in [0, 0.1) is 0 Å². The Kier molecular flexibility index (Phi) is 4.67. The standard InChI is InChI=1S/C20H18N4O4/c1-26-16-7-6-12(10-17(16)27-2)11-22-19(25)20-23-18(24-28-20)14-4-3-5-15-13(14)8-9-21-15/h3-10,21H,11H2,1-2H3,(H,22,25). The van der Waals surface area contributed by atoms with Crippen molar-refractivity contribution in [2.24, 2.45) is 0 Å². The molecule has 0 unspecified atom stereocenters. The molecule has 2 aromatic heterocycles. The molecule has 0 saturated carbocycles. The van der Waals surface area contributed by atoms with Crippen LogP contribution in [0.15, 0.2) is 53.2 Å². The van der Waals surface area contributed by atoms with Crippen molar-refractivity contribution in [2.45, 2.75) is 6.54 Å². The van der Waals surface area contributed by atoms with Crippen molar-refractivity contribution < 1.29 is 18.8 Å². The molecule has 2 aromatic carbocycles. The molecule has 0 aliphatic heterocycles. The van der Waals surface area contributed by atoms with Crippen LogP contribution in [0.1, 0.15) is 16.2 Å². The minimum atomic E-state index is -0.449. The predicted molar refractivity (Wildman–Crippen MR) is 102 cm³/mol. The monoisotopic (exact) mass is 378 g/mol. The number of fused-ring (bicyclic) bond motifs is 1. The van der Waals surface area contributed by atoms with Crippen LogP contribution in [0.2, 0.25) is 0 Å². The average Bonchev–Trinajstić information content (AvgIpc) is 3.41. The van der Waals surface area contributed by atoms with E-state index in [9.17, 15) is 4.79 Å². The van der Waals surface area contributed by atoms with E-state index < -0.39 is 5.91 Å². The number of rotatable bonds is 6. The Balaban J connectivity index is 1.49. The number of amides is 1. The van der Waals surface area contributed by atoms with Gasteiger partial charge in [-0.25, -0.2) is 0 Å². The molecule has 4 rings (SSSR count). The number of carbonyl (C=O) groups is 1. The molecule has 0 aliphatic carbocycles. The molecular formula is C20H18N4O4.